The van der Waals surface area contributed by atoms with Gasteiger partial charge < -0.3 is 14.6 Å². The van der Waals surface area contributed by atoms with Crippen LogP contribution in [0.15, 0.2) is 65.7 Å². The van der Waals surface area contributed by atoms with Crippen molar-refractivity contribution in [2.45, 2.75) is 32.7 Å². The molecule has 1 amide bonds. The Morgan fingerprint density at radius 3 is 2.56 bits per heavy atom. The molecule has 8 heteroatoms. The van der Waals surface area contributed by atoms with Gasteiger partial charge in [0.1, 0.15) is 17.3 Å². The highest BCUT2D eigenvalue weighted by atomic mass is 32.1. The summed E-state index contributed by atoms with van der Waals surface area (Å²) in [6, 6.07) is 13.2. The van der Waals surface area contributed by atoms with Gasteiger partial charge in [0.15, 0.2) is 5.13 Å². The molecule has 1 aliphatic rings. The summed E-state index contributed by atoms with van der Waals surface area (Å²) < 4.78 is 11.3. The van der Waals surface area contributed by atoms with Gasteiger partial charge >= 0.3 is 5.91 Å². The molecule has 0 saturated carbocycles. The summed E-state index contributed by atoms with van der Waals surface area (Å²) in [7, 11) is 0. The first-order valence-corrected chi connectivity index (χ1v) is 12.1. The number of nitrogens with zero attached hydrogens (tertiary/aromatic N) is 2. The molecule has 2 aromatic carbocycles. The summed E-state index contributed by atoms with van der Waals surface area (Å²) in [6.07, 6.45) is 3.49. The summed E-state index contributed by atoms with van der Waals surface area (Å²) in [4.78, 5) is 31.9. The molecule has 0 spiro atoms. The first-order chi connectivity index (χ1) is 16.5. The summed E-state index contributed by atoms with van der Waals surface area (Å²) in [5.41, 5.74) is 1.08. The van der Waals surface area contributed by atoms with Gasteiger partial charge in [0, 0.05) is 17.1 Å². The number of amides is 1. The van der Waals surface area contributed by atoms with Crippen LogP contribution in [0, 0.1) is 0 Å². The summed E-state index contributed by atoms with van der Waals surface area (Å²) in [5.74, 6) is -0.481. The Morgan fingerprint density at radius 1 is 1.09 bits per heavy atom. The summed E-state index contributed by atoms with van der Waals surface area (Å²) >= 11 is 1.25. The smallest absolute Gasteiger partial charge is 0.301 e. The number of aliphatic hydroxyl groups is 1. The molecule has 0 aliphatic carbocycles. The van der Waals surface area contributed by atoms with Gasteiger partial charge in [-0.1, -0.05) is 37.6 Å². The predicted octanol–water partition coefficient (Wildman–Crippen LogP) is 5.35. The van der Waals surface area contributed by atoms with Crippen molar-refractivity contribution in [2.24, 2.45) is 0 Å². The number of aromatic nitrogens is 1. The highest BCUT2D eigenvalue weighted by Gasteiger charge is 2.48. The number of carbonyl (C=O) groups is 2. The predicted molar refractivity (Wildman–Crippen MR) is 131 cm³/mol. The second-order valence-electron chi connectivity index (χ2n) is 7.72. The maximum Gasteiger partial charge on any atom is 0.301 e. The highest BCUT2D eigenvalue weighted by Crippen LogP contribution is 2.43. The van der Waals surface area contributed by atoms with Crippen molar-refractivity contribution in [1.29, 1.82) is 0 Å². The third kappa shape index (κ3) is 4.68. The molecule has 176 valence electrons. The van der Waals surface area contributed by atoms with Crippen LogP contribution in [0.25, 0.3) is 5.76 Å². The summed E-state index contributed by atoms with van der Waals surface area (Å²) in [6.45, 7) is 5.05. The molecule has 1 aliphatic heterocycles. The van der Waals surface area contributed by atoms with Crippen molar-refractivity contribution in [2.75, 3.05) is 18.1 Å². The van der Waals surface area contributed by atoms with E-state index in [1.165, 1.54) is 16.2 Å². The lowest BCUT2D eigenvalue weighted by molar-refractivity contribution is -0.132. The van der Waals surface area contributed by atoms with Crippen LogP contribution < -0.4 is 14.4 Å². The van der Waals surface area contributed by atoms with Crippen LogP contribution in [0.3, 0.4) is 0 Å². The molecule has 1 fully saturated rings. The van der Waals surface area contributed by atoms with Gasteiger partial charge in [-0.15, -0.1) is 11.3 Å². The second kappa shape index (κ2) is 10.5. The molecule has 3 aromatic rings. The molecular weight excluding hydrogens is 452 g/mol. The van der Waals surface area contributed by atoms with E-state index in [0.717, 1.165) is 12.8 Å². The maximum atomic E-state index is 13.2. The van der Waals surface area contributed by atoms with Crippen LogP contribution in [0.5, 0.6) is 11.5 Å². The van der Waals surface area contributed by atoms with Crippen LogP contribution >= 0.6 is 11.3 Å². The zero-order valence-electron chi connectivity index (χ0n) is 19.1. The number of benzene rings is 2. The zero-order valence-corrected chi connectivity index (χ0v) is 19.9. The zero-order chi connectivity index (χ0) is 24.1. The van der Waals surface area contributed by atoms with E-state index in [2.05, 4.69) is 11.9 Å². The number of rotatable bonds is 9. The SMILES string of the molecule is CCCCOc1cccc(C(O)=C2C(=O)C(=O)N(c3nccs3)C2c2ccc(OCC)cc2)c1. The topological polar surface area (TPSA) is 89.0 Å². The molecule has 1 unspecified atom stereocenters. The highest BCUT2D eigenvalue weighted by molar-refractivity contribution is 7.14. The minimum absolute atomic E-state index is 0.00932. The molecule has 0 bridgehead atoms. The minimum Gasteiger partial charge on any atom is -0.507 e. The average molecular weight is 479 g/mol. The molecular formula is C26H26N2O5S. The summed E-state index contributed by atoms with van der Waals surface area (Å²) in [5, 5.41) is 13.4. The van der Waals surface area contributed by atoms with Gasteiger partial charge in [0.25, 0.3) is 5.78 Å². The van der Waals surface area contributed by atoms with E-state index in [4.69, 9.17) is 9.47 Å². The van der Waals surface area contributed by atoms with Crippen molar-refractivity contribution >= 4 is 33.9 Å². The number of aliphatic hydroxyl groups excluding tert-OH is 1. The molecule has 1 N–H and O–H groups in total. The van der Waals surface area contributed by atoms with Crippen LogP contribution in [-0.4, -0.2) is 35.0 Å². The Kier molecular flexibility index (Phi) is 7.27. The first kappa shape index (κ1) is 23.5. The van der Waals surface area contributed by atoms with Gasteiger partial charge in [0.2, 0.25) is 0 Å². The molecule has 34 heavy (non-hydrogen) atoms. The Morgan fingerprint density at radius 2 is 1.88 bits per heavy atom. The molecule has 4 rings (SSSR count). The van der Waals surface area contributed by atoms with Crippen LogP contribution in [-0.2, 0) is 9.59 Å². The van der Waals surface area contributed by atoms with Gasteiger partial charge in [-0.3, -0.25) is 14.5 Å². The van der Waals surface area contributed by atoms with Crippen LogP contribution in [0.4, 0.5) is 5.13 Å². The van der Waals surface area contributed by atoms with Crippen molar-refractivity contribution < 1.29 is 24.2 Å². The average Bonchev–Trinajstić information content (AvgIpc) is 3.46. The van der Waals surface area contributed by atoms with Crippen molar-refractivity contribution in [3.05, 3.63) is 76.8 Å². The van der Waals surface area contributed by atoms with Crippen LogP contribution in [0.2, 0.25) is 0 Å². The lowest BCUT2D eigenvalue weighted by Gasteiger charge is -2.23. The normalized spacial score (nSPS) is 17.2. The Balaban J connectivity index is 1.80. The van der Waals surface area contributed by atoms with Gasteiger partial charge in [-0.25, -0.2) is 4.98 Å². The minimum atomic E-state index is -0.827. The van der Waals surface area contributed by atoms with Crippen molar-refractivity contribution in [1.82, 2.24) is 4.98 Å². The van der Waals surface area contributed by atoms with Gasteiger partial charge in [0.05, 0.1) is 24.8 Å². The number of thiazole rings is 1. The third-order valence-electron chi connectivity index (χ3n) is 5.45. The number of ketones is 1. The Labute approximate surface area is 202 Å². The molecule has 1 atom stereocenters. The fourth-order valence-electron chi connectivity index (χ4n) is 3.82. The monoisotopic (exact) mass is 478 g/mol. The second-order valence-corrected chi connectivity index (χ2v) is 8.59. The molecule has 2 heterocycles. The van der Waals surface area contributed by atoms with E-state index in [0.29, 0.717) is 41.0 Å². The quantitative estimate of drug-likeness (QED) is 0.193. The number of anilines is 1. The maximum absolute atomic E-state index is 13.2. The lowest BCUT2D eigenvalue weighted by atomic mass is 9.95. The van der Waals surface area contributed by atoms with Crippen molar-refractivity contribution in [3.8, 4) is 11.5 Å². The van der Waals surface area contributed by atoms with E-state index in [1.807, 2.05) is 6.92 Å². The molecule has 0 radical (unpaired) electrons. The van der Waals surface area contributed by atoms with E-state index in [1.54, 1.807) is 60.1 Å². The standard InChI is InChI=1S/C26H26N2O5S/c1-3-5-14-33-20-8-6-7-18(16-20)23(29)21-22(17-9-11-19(12-10-17)32-4-2)28(25(31)24(21)30)26-27-13-15-34-26/h6-13,15-16,22,29H,3-5,14H2,1-2H3. The first-order valence-electron chi connectivity index (χ1n) is 11.2. The van der Waals surface area contributed by atoms with Gasteiger partial charge in [-0.05, 0) is 43.2 Å². The number of carbonyl (C=O) groups excluding carboxylic acids is 2. The Hall–Kier alpha value is -3.65. The number of unbranched alkanes of at least 4 members (excludes halogenated alkanes) is 1. The largest absolute Gasteiger partial charge is 0.507 e. The molecule has 7 nitrogen and oxygen atoms in total. The number of hydrogen-bond acceptors (Lipinski definition) is 7. The van der Waals surface area contributed by atoms with E-state index in [-0.39, 0.29) is 11.3 Å². The third-order valence-corrected chi connectivity index (χ3v) is 6.22. The van der Waals surface area contributed by atoms with Crippen molar-refractivity contribution in [3.63, 3.8) is 0 Å². The van der Waals surface area contributed by atoms with Crippen LogP contribution in [0.1, 0.15) is 43.9 Å². The van der Waals surface area contributed by atoms with Gasteiger partial charge in [-0.2, -0.15) is 0 Å². The lowest BCUT2D eigenvalue weighted by Crippen LogP contribution is -2.29. The Bertz CT molecular complexity index is 1190. The number of Topliss-reactive ketones (excluding diaryl/α,β-unsaturated/α-hetero) is 1. The number of hydrogen-bond donors (Lipinski definition) is 1. The van der Waals surface area contributed by atoms with E-state index in [9.17, 15) is 14.7 Å². The number of ether oxygens (including phenoxy) is 2. The fourth-order valence-corrected chi connectivity index (χ4v) is 4.48. The molecule has 1 aromatic heterocycles. The molecule has 1 saturated heterocycles. The fraction of sp³-hybridized carbons (Fsp3) is 0.269. The van der Waals surface area contributed by atoms with E-state index < -0.39 is 17.7 Å². The van der Waals surface area contributed by atoms with E-state index >= 15 is 0 Å².